The molecule has 1 atom stereocenters. The second-order valence-electron chi connectivity index (χ2n) is 4.88. The molecule has 100 valence electrons. The van der Waals surface area contributed by atoms with Crippen LogP contribution < -0.4 is 0 Å². The van der Waals surface area contributed by atoms with Crippen molar-refractivity contribution in [3.63, 3.8) is 0 Å². The van der Waals surface area contributed by atoms with Gasteiger partial charge in [-0.05, 0) is 36.3 Å². The average Bonchev–Trinajstić information content (AvgIpc) is 2.33. The SMILES string of the molecule is CC.CC(C)CC(C)C(C)C.c1ccncc1. The summed E-state index contributed by atoms with van der Waals surface area (Å²) in [5.41, 5.74) is 0. The third-order valence-corrected chi connectivity index (χ3v) is 2.55. The number of rotatable bonds is 3. The third-order valence-electron chi connectivity index (χ3n) is 2.55. The summed E-state index contributed by atoms with van der Waals surface area (Å²) >= 11 is 0. The van der Waals surface area contributed by atoms with Crippen LogP contribution in [0.2, 0.25) is 0 Å². The molecule has 0 amide bonds. The minimum Gasteiger partial charge on any atom is -0.265 e. The van der Waals surface area contributed by atoms with Crippen LogP contribution in [0.15, 0.2) is 30.6 Å². The van der Waals surface area contributed by atoms with Crippen LogP contribution in [-0.4, -0.2) is 4.98 Å². The van der Waals surface area contributed by atoms with Crippen molar-refractivity contribution in [1.29, 1.82) is 0 Å². The van der Waals surface area contributed by atoms with E-state index in [0.717, 1.165) is 17.8 Å². The van der Waals surface area contributed by atoms with E-state index in [1.54, 1.807) is 12.4 Å². The molecule has 0 fully saturated rings. The Bertz CT molecular complexity index is 190. The zero-order valence-electron chi connectivity index (χ0n) is 12.8. The lowest BCUT2D eigenvalue weighted by Crippen LogP contribution is -2.06. The first-order chi connectivity index (χ1) is 8.04. The summed E-state index contributed by atoms with van der Waals surface area (Å²) in [6, 6.07) is 5.72. The maximum Gasteiger partial charge on any atom is 0.0267 e. The first-order valence-electron chi connectivity index (χ1n) is 6.89. The van der Waals surface area contributed by atoms with Gasteiger partial charge in [0, 0.05) is 12.4 Å². The molecule has 1 heteroatoms. The molecule has 1 rings (SSSR count). The standard InChI is InChI=1S/C9H20.C5H5N.C2H6/c1-7(2)6-9(5)8(3)4;1-2-4-6-5-3-1;1-2/h7-9H,6H2,1-5H3;1-5H;1-2H3. The maximum atomic E-state index is 3.78. The van der Waals surface area contributed by atoms with E-state index in [0.29, 0.717) is 0 Å². The topological polar surface area (TPSA) is 12.9 Å². The van der Waals surface area contributed by atoms with Gasteiger partial charge in [-0.15, -0.1) is 0 Å². The number of hydrogen-bond acceptors (Lipinski definition) is 1. The monoisotopic (exact) mass is 237 g/mol. The second kappa shape index (κ2) is 13.2. The molecule has 0 saturated heterocycles. The van der Waals surface area contributed by atoms with Crippen molar-refractivity contribution in [3.8, 4) is 0 Å². The summed E-state index contributed by atoms with van der Waals surface area (Å²) in [6.45, 7) is 15.5. The molecule has 1 nitrogen and oxygen atoms in total. The van der Waals surface area contributed by atoms with Crippen LogP contribution in [0.1, 0.15) is 54.9 Å². The van der Waals surface area contributed by atoms with E-state index >= 15 is 0 Å². The number of hydrogen-bond donors (Lipinski definition) is 0. The summed E-state index contributed by atoms with van der Waals surface area (Å²) in [5, 5.41) is 0. The van der Waals surface area contributed by atoms with Gasteiger partial charge in [0.2, 0.25) is 0 Å². The van der Waals surface area contributed by atoms with Crippen LogP contribution in [0.5, 0.6) is 0 Å². The van der Waals surface area contributed by atoms with E-state index in [1.165, 1.54) is 6.42 Å². The van der Waals surface area contributed by atoms with E-state index in [4.69, 9.17) is 0 Å². The molecule has 1 aromatic heterocycles. The average molecular weight is 237 g/mol. The highest BCUT2D eigenvalue weighted by molar-refractivity contribution is 4.88. The molecule has 0 bridgehead atoms. The van der Waals surface area contributed by atoms with E-state index in [9.17, 15) is 0 Å². The minimum absolute atomic E-state index is 0.854. The quantitative estimate of drug-likeness (QED) is 0.683. The van der Waals surface area contributed by atoms with Crippen molar-refractivity contribution in [3.05, 3.63) is 30.6 Å². The molecular weight excluding hydrogens is 206 g/mol. The van der Waals surface area contributed by atoms with Crippen LogP contribution in [0.3, 0.4) is 0 Å². The fourth-order valence-electron chi connectivity index (χ4n) is 1.33. The third kappa shape index (κ3) is 15.1. The predicted molar refractivity (Wildman–Crippen MR) is 79.0 cm³/mol. The fourth-order valence-corrected chi connectivity index (χ4v) is 1.33. The van der Waals surface area contributed by atoms with Crippen molar-refractivity contribution in [1.82, 2.24) is 4.98 Å². The Morgan fingerprint density at radius 1 is 0.824 bits per heavy atom. The molecule has 0 aliphatic heterocycles. The Balaban J connectivity index is 0. The second-order valence-corrected chi connectivity index (χ2v) is 4.88. The highest BCUT2D eigenvalue weighted by Gasteiger charge is 2.07. The zero-order valence-corrected chi connectivity index (χ0v) is 12.8. The molecule has 0 saturated carbocycles. The summed E-state index contributed by atoms with van der Waals surface area (Å²) < 4.78 is 0. The van der Waals surface area contributed by atoms with Gasteiger partial charge in [-0.3, -0.25) is 4.98 Å². The van der Waals surface area contributed by atoms with Gasteiger partial charge in [-0.25, -0.2) is 0 Å². The normalized spacial score (nSPS) is 11.1. The van der Waals surface area contributed by atoms with Gasteiger partial charge in [0.05, 0.1) is 0 Å². The first-order valence-corrected chi connectivity index (χ1v) is 6.89. The van der Waals surface area contributed by atoms with Crippen molar-refractivity contribution in [2.24, 2.45) is 17.8 Å². The largest absolute Gasteiger partial charge is 0.265 e. The van der Waals surface area contributed by atoms with Gasteiger partial charge in [-0.2, -0.15) is 0 Å². The van der Waals surface area contributed by atoms with Gasteiger partial charge in [-0.1, -0.05) is 54.5 Å². The van der Waals surface area contributed by atoms with E-state index < -0.39 is 0 Å². The first kappa shape index (κ1) is 18.5. The number of aromatic nitrogens is 1. The molecule has 1 aromatic rings. The predicted octanol–water partition coefficient (Wildman–Crippen LogP) is 5.43. The van der Waals surface area contributed by atoms with Gasteiger partial charge in [0.15, 0.2) is 0 Å². The van der Waals surface area contributed by atoms with Crippen LogP contribution in [0.4, 0.5) is 0 Å². The molecule has 17 heavy (non-hydrogen) atoms. The minimum atomic E-state index is 0.854. The Hall–Kier alpha value is -0.850. The van der Waals surface area contributed by atoms with Crippen LogP contribution >= 0.6 is 0 Å². The lowest BCUT2D eigenvalue weighted by molar-refractivity contribution is 0.344. The lowest BCUT2D eigenvalue weighted by atomic mass is 9.90. The van der Waals surface area contributed by atoms with Crippen molar-refractivity contribution in [2.45, 2.75) is 54.9 Å². The zero-order chi connectivity index (χ0) is 13.7. The fraction of sp³-hybridized carbons (Fsp3) is 0.688. The van der Waals surface area contributed by atoms with Gasteiger partial charge < -0.3 is 0 Å². The molecule has 0 aliphatic carbocycles. The Morgan fingerprint density at radius 2 is 1.29 bits per heavy atom. The van der Waals surface area contributed by atoms with Gasteiger partial charge in [0.25, 0.3) is 0 Å². The van der Waals surface area contributed by atoms with Crippen LogP contribution in [-0.2, 0) is 0 Å². The molecule has 1 heterocycles. The summed E-state index contributed by atoms with van der Waals surface area (Å²) in [5.74, 6) is 2.61. The van der Waals surface area contributed by atoms with Crippen molar-refractivity contribution in [2.75, 3.05) is 0 Å². The van der Waals surface area contributed by atoms with Crippen LogP contribution in [0.25, 0.3) is 0 Å². The summed E-state index contributed by atoms with van der Waals surface area (Å²) in [4.78, 5) is 3.78. The van der Waals surface area contributed by atoms with E-state index in [-0.39, 0.29) is 0 Å². The van der Waals surface area contributed by atoms with E-state index in [1.807, 2.05) is 32.0 Å². The molecule has 1 unspecified atom stereocenters. The van der Waals surface area contributed by atoms with Gasteiger partial charge in [0.1, 0.15) is 0 Å². The highest BCUT2D eigenvalue weighted by Crippen LogP contribution is 2.18. The van der Waals surface area contributed by atoms with Crippen molar-refractivity contribution < 1.29 is 0 Å². The molecule has 0 aromatic carbocycles. The Kier molecular flexibility index (Phi) is 14.4. The van der Waals surface area contributed by atoms with E-state index in [2.05, 4.69) is 39.6 Å². The summed E-state index contributed by atoms with van der Waals surface area (Å²) in [7, 11) is 0. The van der Waals surface area contributed by atoms with Gasteiger partial charge >= 0.3 is 0 Å². The smallest absolute Gasteiger partial charge is 0.0267 e. The Labute approximate surface area is 109 Å². The molecule has 0 N–H and O–H groups in total. The van der Waals surface area contributed by atoms with Crippen LogP contribution in [0, 0.1) is 17.8 Å². The molecule has 0 radical (unpaired) electrons. The Morgan fingerprint density at radius 3 is 1.41 bits per heavy atom. The number of nitrogens with zero attached hydrogens (tertiary/aromatic N) is 1. The number of pyridine rings is 1. The maximum absolute atomic E-state index is 3.78. The van der Waals surface area contributed by atoms with Crippen molar-refractivity contribution >= 4 is 0 Å². The summed E-state index contributed by atoms with van der Waals surface area (Å²) in [6.07, 6.45) is 4.87. The molecule has 0 aliphatic rings. The highest BCUT2D eigenvalue weighted by atomic mass is 14.6. The molecule has 0 spiro atoms. The molecular formula is C16H31N. The lowest BCUT2D eigenvalue weighted by Gasteiger charge is -2.16.